The largest absolute Gasteiger partial charge is 0.355 e. The van der Waals surface area contributed by atoms with E-state index in [1.54, 1.807) is 17.2 Å². The van der Waals surface area contributed by atoms with Gasteiger partial charge in [0.25, 0.3) is 0 Å². The summed E-state index contributed by atoms with van der Waals surface area (Å²) in [5.41, 5.74) is 8.71. The summed E-state index contributed by atoms with van der Waals surface area (Å²) in [5, 5.41) is 4.25. The fourth-order valence-electron chi connectivity index (χ4n) is 5.37. The molecule has 8 nitrogen and oxygen atoms in total. The molecule has 6 atom stereocenters. The fraction of sp³-hybridized carbons (Fsp3) is 0.667. The standard InChI is InChI=1S/C21H31FN8/c1-28(2)14-4-5-30(11-14)20-8-19(23-12-24-20)21-16-6-15(13-9-25-29(3)10-13)17(22)7-18(16)26-27-21/h8-10,12,14-18,21,26-27H,4-7,11H2,1-3H3/t14-,15?,16?,17?,18?,21?/m1/s1. The molecule has 0 radical (unpaired) electrons. The number of anilines is 1. The summed E-state index contributed by atoms with van der Waals surface area (Å²) < 4.78 is 16.7. The lowest BCUT2D eigenvalue weighted by Crippen LogP contribution is -2.39. The molecule has 5 rings (SSSR count). The number of hydrogen-bond donors (Lipinski definition) is 2. The lowest BCUT2D eigenvalue weighted by molar-refractivity contribution is 0.153. The van der Waals surface area contributed by atoms with E-state index < -0.39 is 6.17 Å². The van der Waals surface area contributed by atoms with Gasteiger partial charge < -0.3 is 9.80 Å². The Labute approximate surface area is 176 Å². The Balaban J connectivity index is 1.35. The molecule has 30 heavy (non-hydrogen) atoms. The van der Waals surface area contributed by atoms with Crippen LogP contribution in [0.5, 0.6) is 0 Å². The van der Waals surface area contributed by atoms with Gasteiger partial charge in [-0.3, -0.25) is 10.1 Å². The summed E-state index contributed by atoms with van der Waals surface area (Å²) in [6, 6.07) is 2.83. The van der Waals surface area contributed by atoms with E-state index in [0.717, 1.165) is 43.0 Å². The van der Waals surface area contributed by atoms with Gasteiger partial charge in [-0.1, -0.05) is 0 Å². The van der Waals surface area contributed by atoms with E-state index in [4.69, 9.17) is 0 Å². The Morgan fingerprint density at radius 3 is 2.80 bits per heavy atom. The van der Waals surface area contributed by atoms with Crippen LogP contribution in [0.25, 0.3) is 0 Å². The van der Waals surface area contributed by atoms with Crippen molar-refractivity contribution in [1.82, 2.24) is 35.5 Å². The number of alkyl halides is 1. The molecular weight excluding hydrogens is 383 g/mol. The summed E-state index contributed by atoms with van der Waals surface area (Å²) in [6.45, 7) is 1.99. The minimum atomic E-state index is -0.864. The van der Waals surface area contributed by atoms with Gasteiger partial charge in [-0.2, -0.15) is 5.10 Å². The van der Waals surface area contributed by atoms with Gasteiger partial charge in [0.2, 0.25) is 0 Å². The van der Waals surface area contributed by atoms with Gasteiger partial charge >= 0.3 is 0 Å². The van der Waals surface area contributed by atoms with Crippen molar-refractivity contribution in [3.63, 3.8) is 0 Å². The molecule has 2 aromatic rings. The van der Waals surface area contributed by atoms with Crippen LogP contribution in [0, 0.1) is 5.92 Å². The number of hydrogen-bond acceptors (Lipinski definition) is 7. The summed E-state index contributed by atoms with van der Waals surface area (Å²) in [6.07, 6.45) is 6.97. The maximum Gasteiger partial charge on any atom is 0.132 e. The van der Waals surface area contributed by atoms with E-state index in [1.165, 1.54) is 0 Å². The first kappa shape index (κ1) is 19.8. The predicted octanol–water partition coefficient (Wildman–Crippen LogP) is 1.40. The molecule has 1 saturated carbocycles. The predicted molar refractivity (Wildman–Crippen MR) is 113 cm³/mol. The molecule has 2 N–H and O–H groups in total. The van der Waals surface area contributed by atoms with Crippen LogP contribution in [0.3, 0.4) is 0 Å². The first-order chi connectivity index (χ1) is 14.5. The monoisotopic (exact) mass is 414 g/mol. The van der Waals surface area contributed by atoms with E-state index in [9.17, 15) is 4.39 Å². The van der Waals surface area contributed by atoms with Crippen LogP contribution >= 0.6 is 0 Å². The number of aryl methyl sites for hydroxylation is 1. The number of nitrogens with one attached hydrogen (secondary N) is 2. The van der Waals surface area contributed by atoms with Crippen LogP contribution in [0.15, 0.2) is 24.8 Å². The van der Waals surface area contributed by atoms with Crippen LogP contribution < -0.4 is 15.8 Å². The van der Waals surface area contributed by atoms with Gasteiger partial charge in [-0.05, 0) is 44.8 Å². The van der Waals surface area contributed by atoms with Crippen molar-refractivity contribution < 1.29 is 4.39 Å². The molecule has 0 bridgehead atoms. The summed E-state index contributed by atoms with van der Waals surface area (Å²) in [5.74, 6) is 1.14. The Hall–Kier alpha value is -2.10. The molecule has 2 aliphatic heterocycles. The Bertz CT molecular complexity index is 885. The molecule has 9 heteroatoms. The number of halogens is 1. The molecule has 3 aliphatic rings. The zero-order valence-electron chi connectivity index (χ0n) is 17.9. The van der Waals surface area contributed by atoms with Crippen LogP contribution in [0.1, 0.15) is 42.5 Å². The van der Waals surface area contributed by atoms with E-state index in [-0.39, 0.29) is 23.9 Å². The number of nitrogens with zero attached hydrogens (tertiary/aromatic N) is 6. The second-order valence-electron chi connectivity index (χ2n) is 9.23. The molecule has 5 unspecified atom stereocenters. The smallest absolute Gasteiger partial charge is 0.132 e. The fourth-order valence-corrected chi connectivity index (χ4v) is 5.37. The van der Waals surface area contributed by atoms with Crippen molar-refractivity contribution in [2.24, 2.45) is 13.0 Å². The van der Waals surface area contributed by atoms with Crippen molar-refractivity contribution in [2.75, 3.05) is 32.1 Å². The van der Waals surface area contributed by atoms with Gasteiger partial charge in [0, 0.05) is 50.4 Å². The minimum absolute atomic E-state index is 0.0515. The summed E-state index contributed by atoms with van der Waals surface area (Å²) in [7, 11) is 6.15. The van der Waals surface area contributed by atoms with Crippen molar-refractivity contribution in [2.45, 2.75) is 49.5 Å². The summed E-state index contributed by atoms with van der Waals surface area (Å²) in [4.78, 5) is 13.8. The zero-order valence-corrected chi connectivity index (χ0v) is 17.9. The highest BCUT2D eigenvalue weighted by atomic mass is 19.1. The lowest BCUT2D eigenvalue weighted by Gasteiger charge is -2.35. The van der Waals surface area contributed by atoms with Crippen molar-refractivity contribution in [3.8, 4) is 0 Å². The minimum Gasteiger partial charge on any atom is -0.355 e. The van der Waals surface area contributed by atoms with Crippen LogP contribution in [0.2, 0.25) is 0 Å². The van der Waals surface area contributed by atoms with Gasteiger partial charge in [-0.15, -0.1) is 0 Å². The van der Waals surface area contributed by atoms with E-state index in [0.29, 0.717) is 12.5 Å². The average Bonchev–Trinajstić information content (AvgIpc) is 3.46. The molecule has 2 saturated heterocycles. The van der Waals surface area contributed by atoms with Crippen molar-refractivity contribution >= 4 is 5.82 Å². The first-order valence-corrected chi connectivity index (χ1v) is 10.9. The first-order valence-electron chi connectivity index (χ1n) is 10.9. The van der Waals surface area contributed by atoms with Gasteiger partial charge in [-0.25, -0.2) is 19.8 Å². The second kappa shape index (κ2) is 7.86. The van der Waals surface area contributed by atoms with E-state index in [1.807, 2.05) is 13.2 Å². The Kier molecular flexibility index (Phi) is 5.20. The van der Waals surface area contributed by atoms with Crippen molar-refractivity contribution in [3.05, 3.63) is 36.0 Å². The SMILES string of the molecule is CN(C)[C@@H]1CCN(c2cc(C3NNC4CC(F)C(c5cnn(C)c5)CC43)ncn2)C1. The third kappa shape index (κ3) is 3.59. The number of aromatic nitrogens is 4. The molecule has 4 heterocycles. The van der Waals surface area contributed by atoms with Crippen LogP contribution in [-0.2, 0) is 7.05 Å². The molecule has 162 valence electrons. The molecule has 1 aliphatic carbocycles. The van der Waals surface area contributed by atoms with E-state index in [2.05, 4.69) is 55.9 Å². The molecule has 0 aromatic carbocycles. The van der Waals surface area contributed by atoms with Crippen LogP contribution in [-0.4, -0.2) is 70.1 Å². The molecule has 0 amide bonds. The Morgan fingerprint density at radius 1 is 1.20 bits per heavy atom. The maximum absolute atomic E-state index is 14.9. The topological polar surface area (TPSA) is 74.1 Å². The highest BCUT2D eigenvalue weighted by Gasteiger charge is 2.46. The van der Waals surface area contributed by atoms with Gasteiger partial charge in [0.15, 0.2) is 0 Å². The molecule has 0 spiro atoms. The van der Waals surface area contributed by atoms with E-state index >= 15 is 0 Å². The molecule has 3 fully saturated rings. The number of fused-ring (bicyclic) bond motifs is 1. The van der Waals surface area contributed by atoms with Gasteiger partial charge in [0.1, 0.15) is 18.3 Å². The number of hydrazine groups is 1. The van der Waals surface area contributed by atoms with Crippen LogP contribution in [0.4, 0.5) is 10.2 Å². The maximum atomic E-state index is 14.9. The Morgan fingerprint density at radius 2 is 2.07 bits per heavy atom. The number of likely N-dealkylation sites (N-methyl/N-ethyl adjacent to an activating group) is 1. The van der Waals surface area contributed by atoms with Crippen molar-refractivity contribution in [1.29, 1.82) is 0 Å². The lowest BCUT2D eigenvalue weighted by atomic mass is 9.72. The second-order valence-corrected chi connectivity index (χ2v) is 9.23. The third-order valence-corrected chi connectivity index (χ3v) is 7.17. The zero-order chi connectivity index (χ0) is 20.8. The normalized spacial score (nSPS) is 34.0. The third-order valence-electron chi connectivity index (χ3n) is 7.17. The number of rotatable bonds is 4. The highest BCUT2D eigenvalue weighted by molar-refractivity contribution is 5.41. The molecular formula is C21H31FN8. The average molecular weight is 415 g/mol. The molecule has 2 aromatic heterocycles. The van der Waals surface area contributed by atoms with Gasteiger partial charge in [0.05, 0.1) is 17.9 Å². The summed E-state index contributed by atoms with van der Waals surface area (Å²) >= 11 is 0. The highest BCUT2D eigenvalue weighted by Crippen LogP contribution is 2.45. The quantitative estimate of drug-likeness (QED) is 0.783.